The van der Waals surface area contributed by atoms with E-state index >= 15 is 0 Å². The molecule has 1 unspecified atom stereocenters. The Balaban J connectivity index is 2.05. The summed E-state index contributed by atoms with van der Waals surface area (Å²) < 4.78 is 5.31. The summed E-state index contributed by atoms with van der Waals surface area (Å²) in [5.74, 6) is 0.113. The topological polar surface area (TPSA) is 29.5 Å². The lowest BCUT2D eigenvalue weighted by Gasteiger charge is -2.32. The normalized spacial score (nSPS) is 20.8. The Labute approximate surface area is 96.0 Å². The van der Waals surface area contributed by atoms with Gasteiger partial charge < -0.3 is 9.64 Å². The summed E-state index contributed by atoms with van der Waals surface area (Å²) in [6.07, 6.45) is 2.27. The SMILES string of the molecule is COC1CCCN(C(=O)c2ccccc2)C1. The average molecular weight is 219 g/mol. The summed E-state index contributed by atoms with van der Waals surface area (Å²) in [5, 5.41) is 0. The van der Waals surface area contributed by atoms with Crippen LogP contribution < -0.4 is 0 Å². The van der Waals surface area contributed by atoms with Gasteiger partial charge in [0, 0.05) is 25.8 Å². The van der Waals surface area contributed by atoms with Crippen molar-refractivity contribution in [2.75, 3.05) is 20.2 Å². The van der Waals surface area contributed by atoms with E-state index in [2.05, 4.69) is 0 Å². The van der Waals surface area contributed by atoms with Crippen LogP contribution in [0.1, 0.15) is 23.2 Å². The molecule has 0 aliphatic carbocycles. The molecule has 0 spiro atoms. The number of likely N-dealkylation sites (tertiary alicyclic amines) is 1. The van der Waals surface area contributed by atoms with Crippen LogP contribution in [-0.4, -0.2) is 37.1 Å². The third kappa shape index (κ3) is 2.42. The number of rotatable bonds is 2. The molecule has 1 fully saturated rings. The molecule has 0 aromatic heterocycles. The van der Waals surface area contributed by atoms with Crippen molar-refractivity contribution in [1.82, 2.24) is 4.90 Å². The van der Waals surface area contributed by atoms with Gasteiger partial charge >= 0.3 is 0 Å². The Morgan fingerprint density at radius 1 is 1.38 bits per heavy atom. The second kappa shape index (κ2) is 5.12. The maximum Gasteiger partial charge on any atom is 0.253 e. The fraction of sp³-hybridized carbons (Fsp3) is 0.462. The average Bonchev–Trinajstić information content (AvgIpc) is 2.39. The predicted octanol–water partition coefficient (Wildman–Crippen LogP) is 1.94. The number of ether oxygens (including phenoxy) is 1. The number of nitrogens with zero attached hydrogens (tertiary/aromatic N) is 1. The standard InChI is InChI=1S/C13H17NO2/c1-16-12-8-5-9-14(10-12)13(15)11-6-3-2-4-7-11/h2-4,6-7,12H,5,8-10H2,1H3. The molecule has 2 rings (SSSR count). The number of benzene rings is 1. The Kier molecular flexibility index (Phi) is 3.57. The zero-order valence-electron chi connectivity index (χ0n) is 9.56. The van der Waals surface area contributed by atoms with E-state index in [9.17, 15) is 4.79 Å². The zero-order chi connectivity index (χ0) is 11.4. The van der Waals surface area contributed by atoms with E-state index in [4.69, 9.17) is 4.74 Å². The summed E-state index contributed by atoms with van der Waals surface area (Å²) in [6.45, 7) is 1.55. The summed E-state index contributed by atoms with van der Waals surface area (Å²) >= 11 is 0. The molecule has 1 aliphatic rings. The Bertz CT molecular complexity index is 350. The van der Waals surface area contributed by atoms with E-state index in [1.807, 2.05) is 35.2 Å². The lowest BCUT2D eigenvalue weighted by molar-refractivity contribution is 0.0269. The van der Waals surface area contributed by atoms with E-state index < -0.39 is 0 Å². The zero-order valence-corrected chi connectivity index (χ0v) is 9.56. The Hall–Kier alpha value is -1.35. The Morgan fingerprint density at radius 2 is 2.12 bits per heavy atom. The molecule has 0 bridgehead atoms. The first-order chi connectivity index (χ1) is 7.81. The van der Waals surface area contributed by atoms with Crippen LogP contribution in [0.15, 0.2) is 30.3 Å². The van der Waals surface area contributed by atoms with Gasteiger partial charge in [0.1, 0.15) is 0 Å². The first-order valence-electron chi connectivity index (χ1n) is 5.68. The monoisotopic (exact) mass is 219 g/mol. The van der Waals surface area contributed by atoms with Gasteiger partial charge in [0.2, 0.25) is 0 Å². The van der Waals surface area contributed by atoms with E-state index in [0.29, 0.717) is 6.54 Å². The molecule has 1 aliphatic heterocycles. The minimum Gasteiger partial charge on any atom is -0.380 e. The van der Waals surface area contributed by atoms with Crippen molar-refractivity contribution in [2.24, 2.45) is 0 Å². The molecule has 86 valence electrons. The largest absolute Gasteiger partial charge is 0.380 e. The molecule has 0 N–H and O–H groups in total. The van der Waals surface area contributed by atoms with Crippen LogP contribution in [0.2, 0.25) is 0 Å². The van der Waals surface area contributed by atoms with Crippen molar-refractivity contribution >= 4 is 5.91 Å². The van der Waals surface area contributed by atoms with Crippen LogP contribution in [0.3, 0.4) is 0 Å². The number of carbonyl (C=O) groups excluding carboxylic acids is 1. The minimum atomic E-state index is 0.113. The van der Waals surface area contributed by atoms with Crippen LogP contribution in [0.5, 0.6) is 0 Å². The van der Waals surface area contributed by atoms with Gasteiger partial charge in [0.25, 0.3) is 5.91 Å². The molecule has 1 heterocycles. The van der Waals surface area contributed by atoms with Gasteiger partial charge in [-0.2, -0.15) is 0 Å². The lowest BCUT2D eigenvalue weighted by atomic mass is 10.1. The number of hydrogen-bond donors (Lipinski definition) is 0. The van der Waals surface area contributed by atoms with Crippen molar-refractivity contribution in [1.29, 1.82) is 0 Å². The predicted molar refractivity (Wildman–Crippen MR) is 62.4 cm³/mol. The third-order valence-corrected chi connectivity index (χ3v) is 3.02. The molecular weight excluding hydrogens is 202 g/mol. The van der Waals surface area contributed by atoms with Crippen molar-refractivity contribution in [3.05, 3.63) is 35.9 Å². The second-order valence-electron chi connectivity index (χ2n) is 4.12. The van der Waals surface area contributed by atoms with Gasteiger partial charge in [-0.05, 0) is 25.0 Å². The number of amides is 1. The highest BCUT2D eigenvalue weighted by Crippen LogP contribution is 2.15. The minimum absolute atomic E-state index is 0.113. The van der Waals surface area contributed by atoms with Crippen molar-refractivity contribution in [3.8, 4) is 0 Å². The second-order valence-corrected chi connectivity index (χ2v) is 4.12. The van der Waals surface area contributed by atoms with E-state index in [1.54, 1.807) is 7.11 Å². The first-order valence-corrected chi connectivity index (χ1v) is 5.68. The third-order valence-electron chi connectivity index (χ3n) is 3.02. The molecule has 16 heavy (non-hydrogen) atoms. The first kappa shape index (κ1) is 11.1. The number of hydrogen-bond acceptors (Lipinski definition) is 2. The maximum absolute atomic E-state index is 12.1. The Morgan fingerprint density at radius 3 is 2.81 bits per heavy atom. The number of piperidine rings is 1. The van der Waals surface area contributed by atoms with Gasteiger partial charge in [-0.15, -0.1) is 0 Å². The van der Waals surface area contributed by atoms with Gasteiger partial charge in [0.05, 0.1) is 6.10 Å². The molecule has 0 saturated carbocycles. The van der Waals surface area contributed by atoms with Gasteiger partial charge in [-0.3, -0.25) is 4.79 Å². The quantitative estimate of drug-likeness (QED) is 0.760. The molecule has 1 atom stereocenters. The van der Waals surface area contributed by atoms with Crippen molar-refractivity contribution < 1.29 is 9.53 Å². The summed E-state index contributed by atoms with van der Waals surface area (Å²) in [4.78, 5) is 14.0. The highest BCUT2D eigenvalue weighted by Gasteiger charge is 2.23. The summed E-state index contributed by atoms with van der Waals surface area (Å²) in [6, 6.07) is 9.43. The molecular formula is C13H17NO2. The van der Waals surface area contributed by atoms with Crippen LogP contribution in [0.4, 0.5) is 0 Å². The molecule has 1 aromatic carbocycles. The summed E-state index contributed by atoms with van der Waals surface area (Å²) in [5.41, 5.74) is 0.763. The maximum atomic E-state index is 12.1. The highest BCUT2D eigenvalue weighted by molar-refractivity contribution is 5.94. The molecule has 3 nitrogen and oxygen atoms in total. The van der Waals surface area contributed by atoms with Gasteiger partial charge in [-0.1, -0.05) is 18.2 Å². The molecule has 1 amide bonds. The van der Waals surface area contributed by atoms with E-state index in [0.717, 1.165) is 24.9 Å². The summed E-state index contributed by atoms with van der Waals surface area (Å²) in [7, 11) is 1.71. The smallest absolute Gasteiger partial charge is 0.253 e. The fourth-order valence-electron chi connectivity index (χ4n) is 2.08. The van der Waals surface area contributed by atoms with Crippen molar-refractivity contribution in [3.63, 3.8) is 0 Å². The van der Waals surface area contributed by atoms with E-state index in [1.165, 1.54) is 0 Å². The van der Waals surface area contributed by atoms with Crippen LogP contribution in [0, 0.1) is 0 Å². The molecule has 3 heteroatoms. The molecule has 1 saturated heterocycles. The van der Waals surface area contributed by atoms with Crippen LogP contribution in [-0.2, 0) is 4.74 Å². The fourth-order valence-corrected chi connectivity index (χ4v) is 2.08. The molecule has 0 radical (unpaired) electrons. The van der Waals surface area contributed by atoms with Crippen LogP contribution >= 0.6 is 0 Å². The number of carbonyl (C=O) groups is 1. The molecule has 1 aromatic rings. The lowest BCUT2D eigenvalue weighted by Crippen LogP contribution is -2.42. The van der Waals surface area contributed by atoms with Gasteiger partial charge in [0.15, 0.2) is 0 Å². The van der Waals surface area contributed by atoms with Gasteiger partial charge in [-0.25, -0.2) is 0 Å². The number of methoxy groups -OCH3 is 1. The van der Waals surface area contributed by atoms with E-state index in [-0.39, 0.29) is 12.0 Å². The highest BCUT2D eigenvalue weighted by atomic mass is 16.5. The van der Waals surface area contributed by atoms with Crippen LogP contribution in [0.25, 0.3) is 0 Å². The van der Waals surface area contributed by atoms with Crippen molar-refractivity contribution in [2.45, 2.75) is 18.9 Å².